The number of hydrogen-bond donors (Lipinski definition) is 0. The van der Waals surface area contributed by atoms with E-state index in [1.54, 1.807) is 12.1 Å². The number of benzene rings is 4. The number of hydrogen-bond acceptors (Lipinski definition) is 6. The summed E-state index contributed by atoms with van der Waals surface area (Å²) in [6.45, 7) is 0. The molecule has 0 bridgehead atoms. The van der Waals surface area contributed by atoms with E-state index in [9.17, 15) is 34.4 Å². The third-order valence-electron chi connectivity index (χ3n) is 4.66. The molecule has 0 amide bonds. The molecule has 4 nitrogen and oxygen atoms in total. The van der Waals surface area contributed by atoms with Gasteiger partial charge in [0.25, 0.3) is 0 Å². The predicted molar refractivity (Wildman–Crippen MR) is 141 cm³/mol. The second kappa shape index (κ2) is 13.3. The van der Waals surface area contributed by atoms with Crippen LogP contribution in [0.2, 0.25) is 0 Å². The molecule has 4 rings (SSSR count). The third kappa shape index (κ3) is 9.19. The summed E-state index contributed by atoms with van der Waals surface area (Å²) in [6.07, 6.45) is 0. The van der Waals surface area contributed by atoms with E-state index in [0.717, 1.165) is 63.4 Å². The molecule has 0 saturated carbocycles. The Morgan fingerprint density at radius 3 is 1.18 bits per heavy atom. The molecule has 0 spiro atoms. The molecule has 4 aromatic rings. The average Bonchev–Trinajstić information content (AvgIpc) is 2.84. The predicted octanol–water partition coefficient (Wildman–Crippen LogP) is 6.98. The van der Waals surface area contributed by atoms with Crippen LogP contribution in [0.25, 0.3) is 0 Å². The van der Waals surface area contributed by atoms with E-state index < -0.39 is 46.2 Å². The standard InChI is InChI=1S/C13H10F2O4S2.C13H10F2S2/c14-10-3-1-5-12(7-10)20(16,17)9-21(18,19)13-6-2-4-11(15)8-13;14-10-3-1-5-12(7-10)16-9-17-13-6-2-4-11(15)8-13/h1-8H,9H2;1-8H,9H2. The van der Waals surface area contributed by atoms with Crippen molar-refractivity contribution in [2.24, 2.45) is 0 Å². The molecule has 0 aliphatic carbocycles. The normalized spacial score (nSPS) is 11.5. The minimum atomic E-state index is -4.25. The molecule has 0 aromatic heterocycles. The summed E-state index contributed by atoms with van der Waals surface area (Å²) in [5, 5.41) is -0.528. The summed E-state index contributed by atoms with van der Waals surface area (Å²) in [4.78, 5) is 0.882. The van der Waals surface area contributed by atoms with Crippen molar-refractivity contribution in [2.45, 2.75) is 19.6 Å². The van der Waals surface area contributed by atoms with Gasteiger partial charge in [0, 0.05) is 14.9 Å². The fourth-order valence-electron chi connectivity index (χ4n) is 2.94. The Bertz CT molecular complexity index is 1490. The lowest BCUT2D eigenvalue weighted by Crippen LogP contribution is -2.17. The van der Waals surface area contributed by atoms with Crippen LogP contribution in [0, 0.1) is 23.3 Å². The van der Waals surface area contributed by atoms with Gasteiger partial charge in [0.15, 0.2) is 24.8 Å². The topological polar surface area (TPSA) is 68.3 Å². The van der Waals surface area contributed by atoms with Crippen molar-refractivity contribution in [3.8, 4) is 0 Å². The molecule has 200 valence electrons. The minimum absolute atomic E-state index is 0.231. The largest absolute Gasteiger partial charge is 0.223 e. The van der Waals surface area contributed by atoms with Gasteiger partial charge >= 0.3 is 0 Å². The highest BCUT2D eigenvalue weighted by molar-refractivity contribution is 8.16. The fraction of sp³-hybridized carbons (Fsp3) is 0.0769. The van der Waals surface area contributed by atoms with E-state index in [0.29, 0.717) is 0 Å². The summed E-state index contributed by atoms with van der Waals surface area (Å²) in [7, 11) is -8.50. The van der Waals surface area contributed by atoms with Crippen LogP contribution in [0.15, 0.2) is 117 Å². The number of halogens is 4. The van der Waals surface area contributed by atoms with E-state index in [-0.39, 0.29) is 11.6 Å². The highest BCUT2D eigenvalue weighted by Crippen LogP contribution is 2.28. The number of thioether (sulfide) groups is 2. The van der Waals surface area contributed by atoms with Crippen LogP contribution in [0.1, 0.15) is 0 Å². The van der Waals surface area contributed by atoms with Crippen molar-refractivity contribution < 1.29 is 34.4 Å². The van der Waals surface area contributed by atoms with E-state index in [4.69, 9.17) is 0 Å². The number of rotatable bonds is 8. The van der Waals surface area contributed by atoms with Gasteiger partial charge in [0.05, 0.1) is 9.79 Å². The van der Waals surface area contributed by atoms with Crippen molar-refractivity contribution in [3.05, 3.63) is 120 Å². The van der Waals surface area contributed by atoms with Gasteiger partial charge in [-0.15, -0.1) is 23.5 Å². The van der Waals surface area contributed by atoms with Crippen LogP contribution in [0.4, 0.5) is 17.6 Å². The van der Waals surface area contributed by atoms with E-state index >= 15 is 0 Å². The van der Waals surface area contributed by atoms with Crippen LogP contribution in [-0.2, 0) is 19.7 Å². The van der Waals surface area contributed by atoms with Crippen molar-refractivity contribution in [1.82, 2.24) is 0 Å². The highest BCUT2D eigenvalue weighted by atomic mass is 32.3. The first-order valence-electron chi connectivity index (χ1n) is 10.7. The molecule has 4 aromatic carbocycles. The Labute approximate surface area is 226 Å². The summed E-state index contributed by atoms with van der Waals surface area (Å²) in [5.41, 5.74) is 0. The van der Waals surface area contributed by atoms with Crippen molar-refractivity contribution in [1.29, 1.82) is 0 Å². The van der Waals surface area contributed by atoms with Crippen LogP contribution >= 0.6 is 23.5 Å². The van der Waals surface area contributed by atoms with E-state index in [1.165, 1.54) is 47.8 Å². The fourth-order valence-corrected chi connectivity index (χ4v) is 8.88. The SMILES string of the molecule is Fc1cccc(SCSc2cccc(F)c2)c1.O=S(=O)(CS(=O)(=O)c1cccc(F)c1)c1cccc(F)c1. The summed E-state index contributed by atoms with van der Waals surface area (Å²) in [6, 6.07) is 21.0. The molecular formula is C26H20F4O4S4. The molecular weight excluding hydrogens is 581 g/mol. The maximum Gasteiger partial charge on any atom is 0.193 e. The average molecular weight is 601 g/mol. The van der Waals surface area contributed by atoms with Gasteiger partial charge in [-0.1, -0.05) is 24.3 Å². The summed E-state index contributed by atoms with van der Waals surface area (Å²) < 4.78 is 100.0. The maximum atomic E-state index is 13.0. The molecule has 0 radical (unpaired) electrons. The second-order valence-electron chi connectivity index (χ2n) is 7.58. The Kier molecular flexibility index (Phi) is 10.4. The van der Waals surface area contributed by atoms with Gasteiger partial charge in [-0.2, -0.15) is 0 Å². The summed E-state index contributed by atoms with van der Waals surface area (Å²) in [5.74, 6) is -2.05. The molecule has 38 heavy (non-hydrogen) atoms. The van der Waals surface area contributed by atoms with Crippen molar-refractivity contribution in [2.75, 3.05) is 10.2 Å². The quantitative estimate of drug-likeness (QED) is 0.124. The summed E-state index contributed by atoms with van der Waals surface area (Å²) >= 11 is 3.07. The molecule has 0 heterocycles. The van der Waals surface area contributed by atoms with E-state index in [2.05, 4.69) is 0 Å². The second-order valence-corrected chi connectivity index (χ2v) is 14.4. The van der Waals surface area contributed by atoms with Gasteiger partial charge in [-0.25, -0.2) is 34.4 Å². The first-order valence-corrected chi connectivity index (χ1v) is 16.0. The van der Waals surface area contributed by atoms with Gasteiger partial charge in [-0.05, 0) is 72.8 Å². The monoisotopic (exact) mass is 600 g/mol. The van der Waals surface area contributed by atoms with Gasteiger partial charge in [0.1, 0.15) is 23.3 Å². The van der Waals surface area contributed by atoms with Gasteiger partial charge in [0.2, 0.25) is 0 Å². The van der Waals surface area contributed by atoms with E-state index in [1.807, 2.05) is 12.1 Å². The van der Waals surface area contributed by atoms with Crippen molar-refractivity contribution >= 4 is 43.2 Å². The zero-order valence-electron chi connectivity index (χ0n) is 19.4. The molecule has 0 aliphatic rings. The van der Waals surface area contributed by atoms with Crippen molar-refractivity contribution in [3.63, 3.8) is 0 Å². The molecule has 0 unspecified atom stereocenters. The molecule has 0 saturated heterocycles. The smallest absolute Gasteiger partial charge is 0.193 e. The highest BCUT2D eigenvalue weighted by Gasteiger charge is 2.26. The lowest BCUT2D eigenvalue weighted by atomic mass is 10.4. The Hall–Kier alpha value is -2.80. The Morgan fingerprint density at radius 1 is 0.500 bits per heavy atom. The zero-order chi connectivity index (χ0) is 27.8. The first-order chi connectivity index (χ1) is 17.9. The van der Waals surface area contributed by atoms with Crippen LogP contribution in [0.3, 0.4) is 0 Å². The zero-order valence-corrected chi connectivity index (χ0v) is 22.7. The van der Waals surface area contributed by atoms with Gasteiger partial charge in [-0.3, -0.25) is 0 Å². The first kappa shape index (κ1) is 29.8. The Morgan fingerprint density at radius 2 is 0.842 bits per heavy atom. The van der Waals surface area contributed by atoms with Gasteiger partial charge < -0.3 is 0 Å². The number of sulfone groups is 2. The molecule has 0 N–H and O–H groups in total. The lowest BCUT2D eigenvalue weighted by Gasteiger charge is -2.06. The van der Waals surface area contributed by atoms with Crippen LogP contribution in [0.5, 0.6) is 0 Å². The molecule has 12 heteroatoms. The lowest BCUT2D eigenvalue weighted by molar-refractivity contribution is 0.583. The van der Waals surface area contributed by atoms with Crippen LogP contribution in [-0.4, -0.2) is 27.0 Å². The molecule has 0 fully saturated rings. The third-order valence-corrected chi connectivity index (χ3v) is 11.2. The van der Waals surface area contributed by atoms with Crippen LogP contribution < -0.4 is 0 Å². The molecule has 0 aliphatic heterocycles. The maximum absolute atomic E-state index is 13.0. The minimum Gasteiger partial charge on any atom is -0.223 e. The Balaban J connectivity index is 0.000000215. The molecule has 0 atom stereocenters.